The second-order valence-corrected chi connectivity index (χ2v) is 9.91. The normalized spacial score (nSPS) is 14.9. The second-order valence-electron chi connectivity index (χ2n) is 9.51. The molecule has 0 spiro atoms. The van der Waals surface area contributed by atoms with E-state index in [1.807, 2.05) is 28.6 Å². The number of rotatable bonds is 5. The Morgan fingerprint density at radius 3 is 2.36 bits per heavy atom. The quantitative estimate of drug-likeness (QED) is 0.357. The topological polar surface area (TPSA) is 67.2 Å². The van der Waals surface area contributed by atoms with Gasteiger partial charge in [0.2, 0.25) is 0 Å². The number of hydrogen-bond donors (Lipinski definition) is 0. The van der Waals surface area contributed by atoms with Crippen molar-refractivity contribution in [3.63, 3.8) is 0 Å². The third kappa shape index (κ3) is 4.44. The number of fused-ring (bicyclic) bond motifs is 1. The van der Waals surface area contributed by atoms with Crippen LogP contribution in [0.15, 0.2) is 48.5 Å². The van der Waals surface area contributed by atoms with E-state index in [0.29, 0.717) is 36.8 Å². The van der Waals surface area contributed by atoms with Crippen LogP contribution in [0, 0.1) is 13.8 Å². The Balaban J connectivity index is 1.50. The summed E-state index contributed by atoms with van der Waals surface area (Å²) in [5.74, 6) is 1.91. The van der Waals surface area contributed by atoms with Gasteiger partial charge in [-0.1, -0.05) is 55.3 Å². The fraction of sp³-hybridized carbons (Fsp3) is 0.357. The van der Waals surface area contributed by atoms with Crippen LogP contribution in [-0.4, -0.2) is 56.7 Å². The minimum Gasteiger partial charge on any atom is -0.352 e. The Kier molecular flexibility index (Phi) is 6.67. The molecule has 4 aromatic rings. The molecule has 7 nitrogen and oxygen atoms in total. The van der Waals surface area contributed by atoms with E-state index in [1.54, 1.807) is 12.1 Å². The molecular weight excluding hydrogens is 472 g/mol. The molecule has 0 bridgehead atoms. The molecule has 1 fully saturated rings. The van der Waals surface area contributed by atoms with Gasteiger partial charge >= 0.3 is 0 Å². The lowest BCUT2D eigenvalue weighted by Gasteiger charge is -2.36. The first-order valence-electron chi connectivity index (χ1n) is 12.5. The summed E-state index contributed by atoms with van der Waals surface area (Å²) < 4.78 is 1.93. The Hall–Kier alpha value is -3.45. The van der Waals surface area contributed by atoms with E-state index in [4.69, 9.17) is 26.7 Å². The largest absolute Gasteiger partial charge is 0.352 e. The summed E-state index contributed by atoms with van der Waals surface area (Å²) in [4.78, 5) is 27.3. The number of piperazine rings is 1. The van der Waals surface area contributed by atoms with Crippen molar-refractivity contribution in [2.75, 3.05) is 31.1 Å². The van der Waals surface area contributed by atoms with E-state index >= 15 is 0 Å². The van der Waals surface area contributed by atoms with Gasteiger partial charge in [-0.2, -0.15) is 5.10 Å². The molecule has 0 radical (unpaired) electrons. The molecule has 1 aliphatic rings. The number of hydrogen-bond acceptors (Lipinski definition) is 5. The Morgan fingerprint density at radius 1 is 1.00 bits per heavy atom. The lowest BCUT2D eigenvalue weighted by molar-refractivity contribution is 0.0746. The monoisotopic (exact) mass is 502 g/mol. The lowest BCUT2D eigenvalue weighted by atomic mass is 10.1. The first kappa shape index (κ1) is 24.3. The molecule has 0 N–H and O–H groups in total. The zero-order valence-corrected chi connectivity index (χ0v) is 22.0. The predicted octanol–water partition coefficient (Wildman–Crippen LogP) is 5.56. The molecule has 5 rings (SSSR count). The van der Waals surface area contributed by atoms with E-state index in [-0.39, 0.29) is 11.8 Å². The first-order valence-corrected chi connectivity index (χ1v) is 12.9. The molecule has 0 saturated carbocycles. The second kappa shape index (κ2) is 9.90. The minimum atomic E-state index is -0.0308. The molecule has 36 heavy (non-hydrogen) atoms. The molecule has 1 saturated heterocycles. The van der Waals surface area contributed by atoms with Crippen LogP contribution in [0.4, 0.5) is 5.82 Å². The van der Waals surface area contributed by atoms with E-state index in [1.165, 1.54) is 5.56 Å². The van der Waals surface area contributed by atoms with Crippen molar-refractivity contribution in [1.82, 2.24) is 24.6 Å². The standard InChI is InChI=1S/C28H31ClN6O/c1-5-19(3)25-30-26(24-20(4)32-35(27(24)31-25)21-12-10-18(2)11-13-21)33-14-16-34(17-15-33)28(36)22-8-6-7-9-23(22)29/h6-13,19H,5,14-17H2,1-4H3. The molecule has 1 unspecified atom stereocenters. The van der Waals surface area contributed by atoms with Gasteiger partial charge in [-0.3, -0.25) is 4.79 Å². The van der Waals surface area contributed by atoms with Crippen molar-refractivity contribution < 1.29 is 4.79 Å². The molecule has 2 aromatic carbocycles. The van der Waals surface area contributed by atoms with Gasteiger partial charge in [0.15, 0.2) is 5.65 Å². The molecule has 1 aliphatic heterocycles. The molecular formula is C28H31ClN6O. The molecule has 0 aliphatic carbocycles. The lowest BCUT2D eigenvalue weighted by Crippen LogP contribution is -2.49. The molecule has 8 heteroatoms. The zero-order valence-electron chi connectivity index (χ0n) is 21.2. The number of aromatic nitrogens is 4. The van der Waals surface area contributed by atoms with Gasteiger partial charge in [-0.25, -0.2) is 14.6 Å². The van der Waals surface area contributed by atoms with E-state index in [2.05, 4.69) is 49.9 Å². The highest BCUT2D eigenvalue weighted by atomic mass is 35.5. The Bertz CT molecular complexity index is 1410. The summed E-state index contributed by atoms with van der Waals surface area (Å²) in [5.41, 5.74) is 4.45. The first-order chi connectivity index (χ1) is 17.4. The van der Waals surface area contributed by atoms with E-state index < -0.39 is 0 Å². The number of anilines is 1. The van der Waals surface area contributed by atoms with Crippen LogP contribution in [0.2, 0.25) is 5.02 Å². The van der Waals surface area contributed by atoms with Crippen molar-refractivity contribution in [1.29, 1.82) is 0 Å². The summed E-state index contributed by atoms with van der Waals surface area (Å²) in [6, 6.07) is 15.6. The van der Waals surface area contributed by atoms with Crippen molar-refractivity contribution in [2.24, 2.45) is 0 Å². The number of carbonyl (C=O) groups is 1. The van der Waals surface area contributed by atoms with Gasteiger partial charge in [-0.05, 0) is 44.5 Å². The van der Waals surface area contributed by atoms with Crippen molar-refractivity contribution in [3.8, 4) is 5.69 Å². The zero-order chi connectivity index (χ0) is 25.4. The molecule has 186 valence electrons. The number of aryl methyl sites for hydroxylation is 2. The summed E-state index contributed by atoms with van der Waals surface area (Å²) in [5, 5.41) is 6.32. The van der Waals surface area contributed by atoms with Crippen molar-refractivity contribution >= 4 is 34.4 Å². The van der Waals surface area contributed by atoms with Crippen LogP contribution in [0.3, 0.4) is 0 Å². The van der Waals surface area contributed by atoms with Gasteiger partial charge in [0, 0.05) is 32.1 Å². The fourth-order valence-electron chi connectivity index (χ4n) is 4.60. The SMILES string of the molecule is CCC(C)c1nc(N2CCN(C(=O)c3ccccc3Cl)CC2)c2c(C)nn(-c3ccc(C)cc3)c2n1. The van der Waals surface area contributed by atoms with Crippen LogP contribution in [0.25, 0.3) is 16.7 Å². The maximum Gasteiger partial charge on any atom is 0.255 e. The summed E-state index contributed by atoms with van der Waals surface area (Å²) >= 11 is 6.28. The molecule has 3 heterocycles. The number of nitrogens with zero attached hydrogens (tertiary/aromatic N) is 6. The van der Waals surface area contributed by atoms with Crippen LogP contribution < -0.4 is 4.90 Å². The van der Waals surface area contributed by atoms with Crippen LogP contribution in [0.1, 0.15) is 53.6 Å². The predicted molar refractivity (Wildman–Crippen MR) is 144 cm³/mol. The highest BCUT2D eigenvalue weighted by Crippen LogP contribution is 2.32. The molecule has 1 amide bonds. The van der Waals surface area contributed by atoms with Gasteiger partial charge in [0.05, 0.1) is 27.4 Å². The molecule has 2 aromatic heterocycles. The smallest absolute Gasteiger partial charge is 0.255 e. The Labute approximate surface area is 216 Å². The van der Waals surface area contributed by atoms with E-state index in [0.717, 1.165) is 40.5 Å². The summed E-state index contributed by atoms with van der Waals surface area (Å²) in [6.07, 6.45) is 0.947. The maximum atomic E-state index is 13.1. The highest BCUT2D eigenvalue weighted by Gasteiger charge is 2.28. The number of amides is 1. The van der Waals surface area contributed by atoms with Gasteiger partial charge < -0.3 is 9.80 Å². The third-order valence-corrected chi connectivity index (χ3v) is 7.33. The average Bonchev–Trinajstić information content (AvgIpc) is 3.24. The highest BCUT2D eigenvalue weighted by molar-refractivity contribution is 6.33. The van der Waals surface area contributed by atoms with Crippen molar-refractivity contribution in [2.45, 2.75) is 40.0 Å². The number of carbonyl (C=O) groups excluding carboxylic acids is 1. The number of halogens is 1. The average molecular weight is 503 g/mol. The van der Waals surface area contributed by atoms with Gasteiger partial charge in [0.25, 0.3) is 5.91 Å². The minimum absolute atomic E-state index is 0.0308. The van der Waals surface area contributed by atoms with E-state index in [9.17, 15) is 4.79 Å². The van der Waals surface area contributed by atoms with Gasteiger partial charge in [-0.15, -0.1) is 0 Å². The van der Waals surface area contributed by atoms with Crippen LogP contribution in [-0.2, 0) is 0 Å². The number of benzene rings is 2. The maximum absolute atomic E-state index is 13.1. The summed E-state index contributed by atoms with van der Waals surface area (Å²) in [6.45, 7) is 10.9. The third-order valence-electron chi connectivity index (χ3n) is 7.00. The fourth-order valence-corrected chi connectivity index (χ4v) is 4.82. The molecule has 1 atom stereocenters. The van der Waals surface area contributed by atoms with Crippen LogP contribution in [0.5, 0.6) is 0 Å². The van der Waals surface area contributed by atoms with Crippen molar-refractivity contribution in [3.05, 3.63) is 76.2 Å². The summed E-state index contributed by atoms with van der Waals surface area (Å²) in [7, 11) is 0. The van der Waals surface area contributed by atoms with Crippen LogP contribution >= 0.6 is 11.6 Å². The Morgan fingerprint density at radius 2 is 1.69 bits per heavy atom. The van der Waals surface area contributed by atoms with Gasteiger partial charge in [0.1, 0.15) is 11.6 Å².